The van der Waals surface area contributed by atoms with E-state index in [9.17, 15) is 4.79 Å². The zero-order chi connectivity index (χ0) is 14.0. The SMILES string of the molecule is Cc1ccc(C)c(C(=O)N2CCC(C(C)N)CC2)c1. The monoisotopic (exact) mass is 260 g/mol. The largest absolute Gasteiger partial charge is 0.339 e. The highest BCUT2D eigenvalue weighted by molar-refractivity contribution is 5.95. The van der Waals surface area contributed by atoms with Crippen molar-refractivity contribution in [2.24, 2.45) is 11.7 Å². The summed E-state index contributed by atoms with van der Waals surface area (Å²) in [5.41, 5.74) is 8.99. The molecule has 1 amide bonds. The van der Waals surface area contributed by atoms with E-state index in [1.165, 1.54) is 0 Å². The fourth-order valence-corrected chi connectivity index (χ4v) is 2.76. The van der Waals surface area contributed by atoms with Crippen molar-refractivity contribution in [3.8, 4) is 0 Å². The van der Waals surface area contributed by atoms with Crippen molar-refractivity contribution < 1.29 is 4.79 Å². The lowest BCUT2D eigenvalue weighted by molar-refractivity contribution is 0.0680. The number of nitrogens with two attached hydrogens (primary N) is 1. The van der Waals surface area contributed by atoms with E-state index in [1.54, 1.807) is 0 Å². The van der Waals surface area contributed by atoms with Gasteiger partial charge < -0.3 is 10.6 Å². The molecule has 104 valence electrons. The first kappa shape index (κ1) is 14.1. The highest BCUT2D eigenvalue weighted by Gasteiger charge is 2.26. The van der Waals surface area contributed by atoms with Gasteiger partial charge in [0.2, 0.25) is 0 Å². The zero-order valence-corrected chi connectivity index (χ0v) is 12.1. The number of piperidine rings is 1. The first-order valence-electron chi connectivity index (χ1n) is 7.11. The van der Waals surface area contributed by atoms with Crippen molar-refractivity contribution >= 4 is 5.91 Å². The summed E-state index contributed by atoms with van der Waals surface area (Å²) in [5, 5.41) is 0. The molecule has 1 aliphatic rings. The maximum absolute atomic E-state index is 12.5. The normalized spacial score (nSPS) is 18.4. The van der Waals surface area contributed by atoms with Crippen LogP contribution in [0.1, 0.15) is 41.3 Å². The minimum absolute atomic E-state index is 0.171. The van der Waals surface area contributed by atoms with Gasteiger partial charge in [-0.25, -0.2) is 0 Å². The summed E-state index contributed by atoms with van der Waals surface area (Å²) in [7, 11) is 0. The van der Waals surface area contributed by atoms with E-state index in [1.807, 2.05) is 30.9 Å². The van der Waals surface area contributed by atoms with E-state index >= 15 is 0 Å². The lowest BCUT2D eigenvalue weighted by Gasteiger charge is -2.34. The Bertz CT molecular complexity index is 460. The Morgan fingerprint density at radius 2 is 1.95 bits per heavy atom. The first-order valence-corrected chi connectivity index (χ1v) is 7.11. The Morgan fingerprint density at radius 3 is 2.53 bits per heavy atom. The number of carbonyl (C=O) groups excluding carboxylic acids is 1. The van der Waals surface area contributed by atoms with E-state index in [0.29, 0.717) is 5.92 Å². The fraction of sp³-hybridized carbons (Fsp3) is 0.562. The maximum atomic E-state index is 12.5. The van der Waals surface area contributed by atoms with Crippen LogP contribution in [0.2, 0.25) is 0 Å². The number of hydrogen-bond donors (Lipinski definition) is 1. The topological polar surface area (TPSA) is 46.3 Å². The molecular weight excluding hydrogens is 236 g/mol. The lowest BCUT2D eigenvalue weighted by atomic mass is 9.90. The van der Waals surface area contributed by atoms with Gasteiger partial charge in [-0.05, 0) is 51.2 Å². The van der Waals surface area contributed by atoms with E-state index < -0.39 is 0 Å². The van der Waals surface area contributed by atoms with Crippen LogP contribution in [0.4, 0.5) is 0 Å². The van der Waals surface area contributed by atoms with Gasteiger partial charge in [0.15, 0.2) is 0 Å². The van der Waals surface area contributed by atoms with Gasteiger partial charge in [0, 0.05) is 24.7 Å². The van der Waals surface area contributed by atoms with Crippen molar-refractivity contribution in [3.63, 3.8) is 0 Å². The zero-order valence-electron chi connectivity index (χ0n) is 12.1. The Balaban J connectivity index is 2.07. The molecule has 2 N–H and O–H groups in total. The summed E-state index contributed by atoms with van der Waals surface area (Å²) in [6, 6.07) is 6.30. The second-order valence-corrected chi connectivity index (χ2v) is 5.81. The molecule has 0 aliphatic carbocycles. The molecule has 1 heterocycles. The first-order chi connectivity index (χ1) is 8.99. The molecule has 1 fully saturated rings. The lowest BCUT2D eigenvalue weighted by Crippen LogP contribution is -2.42. The van der Waals surface area contributed by atoms with Crippen LogP contribution in [0.3, 0.4) is 0 Å². The van der Waals surface area contributed by atoms with Crippen molar-refractivity contribution in [3.05, 3.63) is 34.9 Å². The summed E-state index contributed by atoms with van der Waals surface area (Å²) in [6.45, 7) is 7.75. The van der Waals surface area contributed by atoms with Gasteiger partial charge in [0.1, 0.15) is 0 Å². The van der Waals surface area contributed by atoms with Crippen LogP contribution in [-0.2, 0) is 0 Å². The summed E-state index contributed by atoms with van der Waals surface area (Å²) in [5.74, 6) is 0.729. The maximum Gasteiger partial charge on any atom is 0.254 e. The third-order valence-electron chi connectivity index (χ3n) is 4.19. The number of aryl methyl sites for hydroxylation is 2. The van der Waals surface area contributed by atoms with Crippen LogP contribution in [0.25, 0.3) is 0 Å². The average Bonchev–Trinajstić information content (AvgIpc) is 2.41. The van der Waals surface area contributed by atoms with Crippen LogP contribution in [0.5, 0.6) is 0 Å². The van der Waals surface area contributed by atoms with Gasteiger partial charge in [-0.3, -0.25) is 4.79 Å². The molecule has 1 aromatic carbocycles. The van der Waals surface area contributed by atoms with E-state index in [2.05, 4.69) is 13.0 Å². The molecule has 0 aromatic heterocycles. The van der Waals surface area contributed by atoms with Gasteiger partial charge in [0.05, 0.1) is 0 Å². The predicted octanol–water partition coefficient (Wildman–Crippen LogP) is 2.50. The molecule has 1 aromatic rings. The Labute approximate surface area is 115 Å². The molecule has 1 saturated heterocycles. The molecule has 1 unspecified atom stereocenters. The average molecular weight is 260 g/mol. The van der Waals surface area contributed by atoms with Gasteiger partial charge in [-0.2, -0.15) is 0 Å². The second kappa shape index (κ2) is 5.74. The summed E-state index contributed by atoms with van der Waals surface area (Å²) < 4.78 is 0. The number of benzene rings is 1. The van der Waals surface area contributed by atoms with Crippen LogP contribution in [0.15, 0.2) is 18.2 Å². The highest BCUT2D eigenvalue weighted by Crippen LogP contribution is 2.22. The minimum atomic E-state index is 0.171. The van der Waals surface area contributed by atoms with Gasteiger partial charge in [0.25, 0.3) is 5.91 Å². The summed E-state index contributed by atoms with van der Waals surface area (Å²) in [4.78, 5) is 14.5. The molecule has 0 saturated carbocycles. The number of amides is 1. The van der Waals surface area contributed by atoms with Gasteiger partial charge >= 0.3 is 0 Å². The molecule has 0 bridgehead atoms. The Hall–Kier alpha value is -1.35. The third-order valence-corrected chi connectivity index (χ3v) is 4.19. The molecule has 3 nitrogen and oxygen atoms in total. The summed E-state index contributed by atoms with van der Waals surface area (Å²) in [6.07, 6.45) is 2.04. The van der Waals surface area contributed by atoms with E-state index in [-0.39, 0.29) is 11.9 Å². The van der Waals surface area contributed by atoms with Crippen LogP contribution in [-0.4, -0.2) is 29.9 Å². The number of rotatable bonds is 2. The molecule has 2 rings (SSSR count). The standard InChI is InChI=1S/C16H24N2O/c1-11-4-5-12(2)15(10-11)16(19)18-8-6-14(7-9-18)13(3)17/h4-5,10,13-14H,6-9,17H2,1-3H3. The van der Waals surface area contributed by atoms with Crippen molar-refractivity contribution in [1.82, 2.24) is 4.90 Å². The number of nitrogens with zero attached hydrogens (tertiary/aromatic N) is 1. The van der Waals surface area contributed by atoms with Crippen LogP contribution in [0, 0.1) is 19.8 Å². The fourth-order valence-electron chi connectivity index (χ4n) is 2.76. The summed E-state index contributed by atoms with van der Waals surface area (Å²) >= 11 is 0. The molecule has 0 spiro atoms. The molecule has 1 aliphatic heterocycles. The molecule has 0 radical (unpaired) electrons. The van der Waals surface area contributed by atoms with Gasteiger partial charge in [-0.15, -0.1) is 0 Å². The Kier molecular flexibility index (Phi) is 4.25. The van der Waals surface area contributed by atoms with Gasteiger partial charge in [-0.1, -0.05) is 17.7 Å². The molecule has 3 heteroatoms. The minimum Gasteiger partial charge on any atom is -0.339 e. The second-order valence-electron chi connectivity index (χ2n) is 5.81. The van der Waals surface area contributed by atoms with Crippen molar-refractivity contribution in [2.75, 3.05) is 13.1 Å². The third kappa shape index (κ3) is 3.16. The van der Waals surface area contributed by atoms with E-state index in [4.69, 9.17) is 5.73 Å². The van der Waals surface area contributed by atoms with Crippen molar-refractivity contribution in [1.29, 1.82) is 0 Å². The number of carbonyl (C=O) groups is 1. The Morgan fingerprint density at radius 1 is 1.32 bits per heavy atom. The number of likely N-dealkylation sites (tertiary alicyclic amines) is 1. The van der Waals surface area contributed by atoms with E-state index in [0.717, 1.165) is 42.6 Å². The number of hydrogen-bond acceptors (Lipinski definition) is 2. The van der Waals surface area contributed by atoms with Crippen LogP contribution < -0.4 is 5.73 Å². The predicted molar refractivity (Wildman–Crippen MR) is 78.2 cm³/mol. The molecule has 1 atom stereocenters. The quantitative estimate of drug-likeness (QED) is 0.888. The molecular formula is C16H24N2O. The molecule has 19 heavy (non-hydrogen) atoms. The van der Waals surface area contributed by atoms with Crippen molar-refractivity contribution in [2.45, 2.75) is 39.7 Å². The smallest absolute Gasteiger partial charge is 0.254 e. The van der Waals surface area contributed by atoms with Crippen LogP contribution >= 0.6 is 0 Å². The highest BCUT2D eigenvalue weighted by atomic mass is 16.2.